The van der Waals surface area contributed by atoms with E-state index in [0.29, 0.717) is 10.5 Å². The highest BCUT2D eigenvalue weighted by atomic mass is 35.5. The van der Waals surface area contributed by atoms with Crippen LogP contribution < -0.4 is 15.6 Å². The number of carbonyl (C=O) groups is 3. The van der Waals surface area contributed by atoms with Gasteiger partial charge in [-0.05, 0) is 73.2 Å². The molecule has 0 aliphatic carbocycles. The Balaban J connectivity index is 2.36. The van der Waals surface area contributed by atoms with Crippen molar-refractivity contribution in [2.75, 3.05) is 12.4 Å². The number of amides is 3. The number of hydrogen-bond acceptors (Lipinski definition) is 9. The number of aryl methyl sites for hydroxylation is 1. The van der Waals surface area contributed by atoms with E-state index >= 15 is 0 Å². The van der Waals surface area contributed by atoms with Gasteiger partial charge in [0.1, 0.15) is 17.7 Å². The van der Waals surface area contributed by atoms with Gasteiger partial charge in [0, 0.05) is 5.69 Å². The van der Waals surface area contributed by atoms with Crippen LogP contribution in [0.25, 0.3) is 0 Å². The number of halogens is 1. The topological polar surface area (TPSA) is 166 Å². The van der Waals surface area contributed by atoms with Crippen LogP contribution in [0.2, 0.25) is 5.02 Å². The highest BCUT2D eigenvalue weighted by Gasteiger charge is 2.33. The second-order valence-electron chi connectivity index (χ2n) is 10.7. The zero-order chi connectivity index (χ0) is 30.6. The van der Waals surface area contributed by atoms with Gasteiger partial charge in [0.15, 0.2) is 0 Å². The molecule has 0 unspecified atom stereocenters. The third-order valence-electron chi connectivity index (χ3n) is 4.96. The molecule has 0 fully saturated rings. The van der Waals surface area contributed by atoms with Crippen molar-refractivity contribution in [3.05, 3.63) is 50.9 Å². The fraction of sp³-hybridized carbons (Fsp3) is 0.480. The molecule has 2 N–H and O–H groups in total. The number of hydrogen-bond donors (Lipinski definition) is 2. The first kappa shape index (κ1) is 32.7. The summed E-state index contributed by atoms with van der Waals surface area (Å²) in [5.41, 5.74) is -2.33. The monoisotopic (exact) mass is 599 g/mol. The first-order valence-corrected chi connectivity index (χ1v) is 13.9. The van der Waals surface area contributed by atoms with Crippen molar-refractivity contribution in [1.82, 2.24) is 19.4 Å². The number of rotatable bonds is 7. The molecule has 0 saturated carbocycles. The highest BCUT2D eigenvalue weighted by Crippen LogP contribution is 2.21. The molecule has 0 atom stereocenters. The van der Waals surface area contributed by atoms with E-state index in [9.17, 15) is 27.6 Å². The number of anilines is 1. The Morgan fingerprint density at radius 2 is 1.60 bits per heavy atom. The van der Waals surface area contributed by atoms with Gasteiger partial charge >= 0.3 is 12.2 Å². The Labute approximate surface area is 237 Å². The minimum atomic E-state index is -3.78. The minimum absolute atomic E-state index is 0.0266. The fourth-order valence-corrected chi connectivity index (χ4v) is 4.35. The van der Waals surface area contributed by atoms with Crippen molar-refractivity contribution in [2.24, 2.45) is 0 Å². The molecule has 3 amide bonds. The normalized spacial score (nSPS) is 12.0. The lowest BCUT2D eigenvalue weighted by Crippen LogP contribution is -2.44. The molecule has 40 heavy (non-hydrogen) atoms. The van der Waals surface area contributed by atoms with Crippen molar-refractivity contribution >= 4 is 45.4 Å². The van der Waals surface area contributed by atoms with Crippen LogP contribution >= 0.6 is 11.6 Å². The van der Waals surface area contributed by atoms with Gasteiger partial charge < -0.3 is 14.8 Å². The molecule has 220 valence electrons. The molecule has 15 heteroatoms. The van der Waals surface area contributed by atoms with Crippen LogP contribution in [0, 0.1) is 6.92 Å². The Bertz CT molecular complexity index is 1430. The maximum atomic E-state index is 13.2. The number of benzene rings is 1. The van der Waals surface area contributed by atoms with Gasteiger partial charge in [-0.1, -0.05) is 17.7 Å². The second kappa shape index (κ2) is 12.4. The molecule has 0 bridgehead atoms. The van der Waals surface area contributed by atoms with Gasteiger partial charge in [-0.15, -0.1) is 0 Å². The molecule has 1 heterocycles. The van der Waals surface area contributed by atoms with E-state index in [2.05, 4.69) is 15.1 Å². The summed E-state index contributed by atoms with van der Waals surface area (Å²) in [5, 5.41) is 6.24. The van der Waals surface area contributed by atoms with Crippen LogP contribution in [-0.2, 0) is 37.4 Å². The number of ether oxygens (including phenoxy) is 2. The maximum Gasteiger partial charge on any atom is 0.420 e. The summed E-state index contributed by atoms with van der Waals surface area (Å²) in [6.07, 6.45) is -1.03. The van der Waals surface area contributed by atoms with Crippen LogP contribution in [0.15, 0.2) is 34.1 Å². The Morgan fingerprint density at radius 3 is 2.10 bits per heavy atom. The number of nitrogens with one attached hydrogen (secondary N) is 2. The van der Waals surface area contributed by atoms with E-state index in [1.54, 1.807) is 48.5 Å². The van der Waals surface area contributed by atoms with Crippen molar-refractivity contribution in [2.45, 2.75) is 77.7 Å². The van der Waals surface area contributed by atoms with Crippen LogP contribution in [0.3, 0.4) is 0 Å². The van der Waals surface area contributed by atoms with E-state index in [0.717, 1.165) is 10.9 Å². The average Bonchev–Trinajstić information content (AvgIpc) is 2.79. The first-order chi connectivity index (χ1) is 18.2. The van der Waals surface area contributed by atoms with Gasteiger partial charge in [0.2, 0.25) is 15.9 Å². The average molecular weight is 600 g/mol. The van der Waals surface area contributed by atoms with Crippen LogP contribution in [-0.4, -0.2) is 59.4 Å². The van der Waals surface area contributed by atoms with Crippen LogP contribution in [0.1, 0.15) is 52.7 Å². The molecular weight excluding hydrogens is 566 g/mol. The molecule has 0 aliphatic rings. The molecule has 0 aliphatic heterocycles. The SMILES string of the molecule is CNS(=O)(=O)c1cc(NC(=O)Cn2ncc(Cl)c(CN(C(=O)OC(C)(C)C)C(=O)OC(C)(C)C)c2=O)ccc1C. The first-order valence-electron chi connectivity index (χ1n) is 12.1. The Morgan fingerprint density at radius 1 is 1.05 bits per heavy atom. The number of imide groups is 1. The largest absolute Gasteiger partial charge is 0.443 e. The second-order valence-corrected chi connectivity index (χ2v) is 13.0. The summed E-state index contributed by atoms with van der Waals surface area (Å²) >= 11 is 6.21. The predicted octanol–water partition coefficient (Wildman–Crippen LogP) is 3.42. The van der Waals surface area contributed by atoms with Gasteiger partial charge in [-0.3, -0.25) is 9.59 Å². The lowest BCUT2D eigenvalue weighted by molar-refractivity contribution is -0.117. The molecule has 2 aromatic rings. The zero-order valence-corrected chi connectivity index (χ0v) is 25.2. The molecule has 1 aromatic carbocycles. The van der Waals surface area contributed by atoms with E-state index in [1.807, 2.05) is 0 Å². The van der Waals surface area contributed by atoms with E-state index < -0.39 is 58.0 Å². The van der Waals surface area contributed by atoms with Gasteiger partial charge in [0.25, 0.3) is 5.56 Å². The van der Waals surface area contributed by atoms with Gasteiger partial charge in [-0.2, -0.15) is 5.10 Å². The number of carbonyl (C=O) groups excluding carboxylic acids is 3. The van der Waals surface area contributed by atoms with Crippen molar-refractivity contribution in [3.8, 4) is 0 Å². The summed E-state index contributed by atoms with van der Waals surface area (Å²) in [5.74, 6) is -0.698. The smallest absolute Gasteiger partial charge is 0.420 e. The highest BCUT2D eigenvalue weighted by molar-refractivity contribution is 7.89. The minimum Gasteiger partial charge on any atom is -0.443 e. The lowest BCUT2D eigenvalue weighted by Gasteiger charge is -2.28. The van der Waals surface area contributed by atoms with Crippen molar-refractivity contribution in [3.63, 3.8) is 0 Å². The van der Waals surface area contributed by atoms with E-state index in [-0.39, 0.29) is 21.2 Å². The van der Waals surface area contributed by atoms with Gasteiger partial charge in [-0.25, -0.2) is 32.3 Å². The van der Waals surface area contributed by atoms with E-state index in [1.165, 1.54) is 25.2 Å². The standard InChI is InChI=1S/C25H34ClN5O8S/c1-15-9-10-16(11-19(15)40(36,37)27-8)29-20(32)14-31-21(33)17(18(26)12-28-31)13-30(22(34)38-24(2,3)4)23(35)39-25(5,6)7/h9-12,27H,13-14H2,1-8H3,(H,29,32). The van der Waals surface area contributed by atoms with Crippen molar-refractivity contribution < 1.29 is 32.3 Å². The third kappa shape index (κ3) is 9.03. The van der Waals surface area contributed by atoms with Gasteiger partial charge in [0.05, 0.1) is 28.2 Å². The molecule has 0 spiro atoms. The fourth-order valence-electron chi connectivity index (χ4n) is 3.17. The van der Waals surface area contributed by atoms with E-state index in [4.69, 9.17) is 21.1 Å². The summed E-state index contributed by atoms with van der Waals surface area (Å²) in [4.78, 5) is 52.2. The Hall–Kier alpha value is -3.49. The molecule has 1 aromatic heterocycles. The molecule has 0 saturated heterocycles. The molecule has 0 radical (unpaired) electrons. The zero-order valence-electron chi connectivity index (χ0n) is 23.6. The summed E-state index contributed by atoms with van der Waals surface area (Å²) in [7, 11) is -2.51. The summed E-state index contributed by atoms with van der Waals surface area (Å²) in [6.45, 7) is 10.0. The summed E-state index contributed by atoms with van der Waals surface area (Å²) in [6, 6.07) is 4.31. The number of sulfonamides is 1. The quantitative estimate of drug-likeness (QED) is 0.485. The summed E-state index contributed by atoms with van der Waals surface area (Å²) < 4.78 is 38.1. The number of nitrogens with zero attached hydrogens (tertiary/aromatic N) is 3. The molecular formula is C25H34ClN5O8S. The predicted molar refractivity (Wildman–Crippen MR) is 148 cm³/mol. The molecule has 13 nitrogen and oxygen atoms in total. The molecule has 2 rings (SSSR count). The lowest BCUT2D eigenvalue weighted by atomic mass is 10.2. The number of aromatic nitrogens is 2. The van der Waals surface area contributed by atoms with Crippen LogP contribution in [0.4, 0.5) is 15.3 Å². The maximum absolute atomic E-state index is 13.2. The van der Waals surface area contributed by atoms with Crippen molar-refractivity contribution in [1.29, 1.82) is 0 Å². The van der Waals surface area contributed by atoms with Crippen LogP contribution in [0.5, 0.6) is 0 Å². The third-order valence-corrected chi connectivity index (χ3v) is 6.84. The Kier molecular flexibility index (Phi) is 10.1.